The van der Waals surface area contributed by atoms with Crippen molar-refractivity contribution in [1.29, 1.82) is 0 Å². The highest BCUT2D eigenvalue weighted by atomic mass is 32.2. The summed E-state index contributed by atoms with van der Waals surface area (Å²) >= 11 is 1.67. The van der Waals surface area contributed by atoms with Gasteiger partial charge in [0, 0.05) is 18.2 Å². The van der Waals surface area contributed by atoms with Crippen molar-refractivity contribution in [3.8, 4) is 0 Å². The molecule has 3 N–H and O–H groups in total. The topological polar surface area (TPSA) is 38.0 Å². The van der Waals surface area contributed by atoms with Crippen LogP contribution in [0.5, 0.6) is 0 Å². The summed E-state index contributed by atoms with van der Waals surface area (Å²) in [5.41, 5.74) is 2.53. The number of hydrogen-bond donors (Lipinski definition) is 2. The summed E-state index contributed by atoms with van der Waals surface area (Å²) < 4.78 is 35.4. The summed E-state index contributed by atoms with van der Waals surface area (Å²) in [7, 11) is 0. The number of nitrogens with two attached hydrogens (primary N) is 1. The molecular weight excluding hydrogens is 213 g/mol. The summed E-state index contributed by atoms with van der Waals surface area (Å²) in [6.45, 7) is 2.01. The number of alkyl halides is 3. The molecule has 0 fully saturated rings. The first-order chi connectivity index (χ1) is 6.49. The second-order valence-corrected chi connectivity index (χ2v) is 4.35. The van der Waals surface area contributed by atoms with Crippen molar-refractivity contribution < 1.29 is 13.2 Å². The minimum atomic E-state index is -4.04. The molecule has 0 aliphatic heterocycles. The Kier molecular flexibility index (Phi) is 7.40. The van der Waals surface area contributed by atoms with E-state index in [0.29, 0.717) is 6.42 Å². The summed E-state index contributed by atoms with van der Waals surface area (Å²) in [6.07, 6.45) is -4.15. The van der Waals surface area contributed by atoms with Crippen molar-refractivity contribution in [2.24, 2.45) is 5.84 Å². The molecule has 14 heavy (non-hydrogen) atoms. The highest BCUT2D eigenvalue weighted by Gasteiger charge is 2.26. The number of hydrazine groups is 1. The maximum absolute atomic E-state index is 11.8. The Morgan fingerprint density at radius 1 is 1.43 bits per heavy atom. The van der Waals surface area contributed by atoms with Crippen LogP contribution < -0.4 is 11.3 Å². The lowest BCUT2D eigenvalue weighted by molar-refractivity contribution is -0.135. The third kappa shape index (κ3) is 8.65. The first kappa shape index (κ1) is 14.1. The van der Waals surface area contributed by atoms with E-state index in [9.17, 15) is 13.2 Å². The molecule has 0 saturated carbocycles. The summed E-state index contributed by atoms with van der Waals surface area (Å²) in [6, 6.07) is -0.0118. The molecule has 0 aliphatic rings. The van der Waals surface area contributed by atoms with E-state index in [1.165, 1.54) is 0 Å². The summed E-state index contributed by atoms with van der Waals surface area (Å²) in [5, 5.41) is 0. The van der Waals surface area contributed by atoms with Gasteiger partial charge in [0.15, 0.2) is 0 Å². The monoisotopic (exact) mass is 230 g/mol. The zero-order chi connectivity index (χ0) is 11.0. The first-order valence-electron chi connectivity index (χ1n) is 4.60. The molecule has 0 rings (SSSR count). The second kappa shape index (κ2) is 7.36. The molecule has 0 bridgehead atoms. The third-order valence-corrected chi connectivity index (χ3v) is 2.82. The van der Waals surface area contributed by atoms with E-state index >= 15 is 0 Å². The Labute approximate surface area is 86.8 Å². The SMILES string of the molecule is CCSCC(CCCC(F)(F)F)NN. The van der Waals surface area contributed by atoms with Crippen molar-refractivity contribution >= 4 is 11.8 Å². The van der Waals surface area contributed by atoms with Crippen LogP contribution in [0.3, 0.4) is 0 Å². The molecule has 0 spiro atoms. The molecule has 0 aromatic carbocycles. The molecule has 0 aliphatic carbocycles. The molecule has 86 valence electrons. The van der Waals surface area contributed by atoms with Crippen LogP contribution in [0.2, 0.25) is 0 Å². The lowest BCUT2D eigenvalue weighted by Gasteiger charge is -2.15. The van der Waals surface area contributed by atoms with Gasteiger partial charge in [-0.15, -0.1) is 0 Å². The normalized spacial score (nSPS) is 14.4. The van der Waals surface area contributed by atoms with E-state index in [1.54, 1.807) is 11.8 Å². The quantitative estimate of drug-likeness (QED) is 0.520. The molecule has 0 radical (unpaired) electrons. The van der Waals surface area contributed by atoms with Crippen molar-refractivity contribution in [3.05, 3.63) is 0 Å². The lowest BCUT2D eigenvalue weighted by atomic mass is 10.1. The van der Waals surface area contributed by atoms with Gasteiger partial charge in [-0.1, -0.05) is 6.92 Å². The number of nitrogens with one attached hydrogen (secondary N) is 1. The Morgan fingerprint density at radius 3 is 2.50 bits per heavy atom. The smallest absolute Gasteiger partial charge is 0.271 e. The molecule has 0 amide bonds. The lowest BCUT2D eigenvalue weighted by Crippen LogP contribution is -2.37. The van der Waals surface area contributed by atoms with E-state index < -0.39 is 12.6 Å². The Hall–Kier alpha value is 0.0600. The highest BCUT2D eigenvalue weighted by Crippen LogP contribution is 2.23. The maximum atomic E-state index is 11.8. The second-order valence-electron chi connectivity index (χ2n) is 3.03. The molecule has 1 unspecified atom stereocenters. The molecule has 0 saturated heterocycles. The van der Waals surface area contributed by atoms with Gasteiger partial charge < -0.3 is 0 Å². The van der Waals surface area contributed by atoms with Gasteiger partial charge in [0.05, 0.1) is 0 Å². The van der Waals surface area contributed by atoms with E-state index in [4.69, 9.17) is 5.84 Å². The van der Waals surface area contributed by atoms with Crippen LogP contribution in [0.1, 0.15) is 26.2 Å². The largest absolute Gasteiger partial charge is 0.389 e. The van der Waals surface area contributed by atoms with Crippen LogP contribution in [0.4, 0.5) is 13.2 Å². The van der Waals surface area contributed by atoms with Gasteiger partial charge in [0.1, 0.15) is 0 Å². The Balaban J connectivity index is 3.52. The van der Waals surface area contributed by atoms with Gasteiger partial charge in [0.2, 0.25) is 0 Å². The summed E-state index contributed by atoms with van der Waals surface area (Å²) in [5.74, 6) is 6.94. The van der Waals surface area contributed by atoms with Crippen LogP contribution in [0.25, 0.3) is 0 Å². The average Bonchev–Trinajstić information content (AvgIpc) is 2.09. The van der Waals surface area contributed by atoms with Crippen molar-refractivity contribution in [3.63, 3.8) is 0 Å². The van der Waals surface area contributed by atoms with Crippen molar-refractivity contribution in [2.75, 3.05) is 11.5 Å². The first-order valence-corrected chi connectivity index (χ1v) is 5.75. The predicted molar refractivity (Wildman–Crippen MR) is 54.0 cm³/mol. The standard InChI is InChI=1S/C8H17F3N2S/c1-2-14-6-7(13-12)4-3-5-8(9,10)11/h7,13H,2-6,12H2,1H3. The minimum absolute atomic E-state index is 0.0118. The van der Waals surface area contributed by atoms with Gasteiger partial charge in [0.25, 0.3) is 0 Å². The zero-order valence-corrected chi connectivity index (χ0v) is 9.05. The number of hydrogen-bond acceptors (Lipinski definition) is 3. The summed E-state index contributed by atoms with van der Waals surface area (Å²) in [4.78, 5) is 0. The number of thioether (sulfide) groups is 1. The Bertz CT molecular complexity index is 141. The van der Waals surface area contributed by atoms with E-state index in [2.05, 4.69) is 5.43 Å². The molecule has 0 heterocycles. The van der Waals surface area contributed by atoms with Crippen molar-refractivity contribution in [1.82, 2.24) is 5.43 Å². The fourth-order valence-electron chi connectivity index (χ4n) is 1.02. The van der Waals surface area contributed by atoms with Crippen molar-refractivity contribution in [2.45, 2.75) is 38.4 Å². The van der Waals surface area contributed by atoms with Gasteiger partial charge >= 0.3 is 6.18 Å². The third-order valence-electron chi connectivity index (χ3n) is 1.77. The van der Waals surface area contributed by atoms with E-state index in [0.717, 1.165) is 11.5 Å². The fourth-order valence-corrected chi connectivity index (χ4v) is 1.81. The molecule has 0 aromatic heterocycles. The Morgan fingerprint density at radius 2 is 2.07 bits per heavy atom. The molecule has 0 aromatic rings. The van der Waals surface area contributed by atoms with Crippen LogP contribution in [0, 0.1) is 0 Å². The van der Waals surface area contributed by atoms with Crippen LogP contribution in [-0.2, 0) is 0 Å². The van der Waals surface area contributed by atoms with Gasteiger partial charge in [-0.05, 0) is 18.6 Å². The van der Waals surface area contributed by atoms with E-state index in [1.807, 2.05) is 6.92 Å². The molecule has 6 heteroatoms. The highest BCUT2D eigenvalue weighted by molar-refractivity contribution is 7.99. The fraction of sp³-hybridized carbons (Fsp3) is 1.00. The minimum Gasteiger partial charge on any atom is -0.271 e. The average molecular weight is 230 g/mol. The van der Waals surface area contributed by atoms with Gasteiger partial charge in [-0.25, -0.2) is 0 Å². The van der Waals surface area contributed by atoms with Gasteiger partial charge in [-0.2, -0.15) is 24.9 Å². The molecule has 1 atom stereocenters. The van der Waals surface area contributed by atoms with Gasteiger partial charge in [-0.3, -0.25) is 11.3 Å². The van der Waals surface area contributed by atoms with E-state index in [-0.39, 0.29) is 12.5 Å². The predicted octanol–water partition coefficient (Wildman–Crippen LogP) is 2.30. The number of halogens is 3. The van der Waals surface area contributed by atoms with Crippen LogP contribution in [0.15, 0.2) is 0 Å². The number of rotatable bonds is 7. The van der Waals surface area contributed by atoms with Crippen LogP contribution >= 0.6 is 11.8 Å². The molecular formula is C8H17F3N2S. The van der Waals surface area contributed by atoms with Crippen LogP contribution in [-0.4, -0.2) is 23.7 Å². The maximum Gasteiger partial charge on any atom is 0.389 e. The molecule has 2 nitrogen and oxygen atoms in total. The zero-order valence-electron chi connectivity index (χ0n) is 8.23.